The number of amides is 1. The summed E-state index contributed by atoms with van der Waals surface area (Å²) in [6, 6.07) is 18.0. The molecule has 0 aliphatic carbocycles. The van der Waals surface area contributed by atoms with Crippen LogP contribution in [0.2, 0.25) is 0 Å². The molecule has 0 saturated carbocycles. The molecule has 1 atom stereocenters. The molecule has 1 unspecified atom stereocenters. The first-order valence-corrected chi connectivity index (χ1v) is 12.9. The van der Waals surface area contributed by atoms with Gasteiger partial charge in [-0.25, -0.2) is 0 Å². The highest BCUT2D eigenvalue weighted by Crippen LogP contribution is 2.43. The molecule has 9 heteroatoms. The first-order chi connectivity index (χ1) is 18.5. The maximum atomic E-state index is 13.9. The summed E-state index contributed by atoms with van der Waals surface area (Å²) in [4.78, 5) is 29.0. The number of aromatic nitrogens is 2. The third kappa shape index (κ3) is 3.92. The lowest BCUT2D eigenvalue weighted by atomic mass is 9.97. The van der Waals surface area contributed by atoms with Gasteiger partial charge in [-0.1, -0.05) is 47.7 Å². The van der Waals surface area contributed by atoms with Gasteiger partial charge in [0.1, 0.15) is 17.7 Å². The second-order valence-electron chi connectivity index (χ2n) is 9.09. The summed E-state index contributed by atoms with van der Waals surface area (Å²) in [6.07, 6.45) is 0. The van der Waals surface area contributed by atoms with E-state index in [1.54, 1.807) is 30.8 Å². The highest BCUT2D eigenvalue weighted by molar-refractivity contribution is 7.13. The van der Waals surface area contributed by atoms with E-state index in [4.69, 9.17) is 13.9 Å². The molecule has 38 heavy (non-hydrogen) atoms. The fourth-order valence-electron chi connectivity index (χ4n) is 4.72. The van der Waals surface area contributed by atoms with E-state index < -0.39 is 11.9 Å². The summed E-state index contributed by atoms with van der Waals surface area (Å²) in [7, 11) is 1.55. The van der Waals surface area contributed by atoms with Crippen LogP contribution in [0, 0.1) is 13.8 Å². The third-order valence-electron chi connectivity index (χ3n) is 6.78. The van der Waals surface area contributed by atoms with Crippen molar-refractivity contribution in [1.82, 2.24) is 10.2 Å². The van der Waals surface area contributed by atoms with Crippen molar-refractivity contribution in [3.63, 3.8) is 0 Å². The molecule has 190 valence electrons. The molecule has 0 bridgehead atoms. The van der Waals surface area contributed by atoms with E-state index in [2.05, 4.69) is 10.2 Å². The van der Waals surface area contributed by atoms with Gasteiger partial charge in [-0.2, -0.15) is 0 Å². The van der Waals surface area contributed by atoms with E-state index in [1.165, 1.54) is 16.2 Å². The third-order valence-corrected chi connectivity index (χ3v) is 7.47. The average Bonchev–Trinajstić information content (AvgIpc) is 3.56. The number of aryl methyl sites for hydroxylation is 2. The highest BCUT2D eigenvalue weighted by Gasteiger charge is 2.45. The maximum Gasteiger partial charge on any atom is 0.297 e. The summed E-state index contributed by atoms with van der Waals surface area (Å²) in [5.41, 5.74) is 5.55. The predicted octanol–water partition coefficient (Wildman–Crippen LogP) is 5.60. The normalized spacial score (nSPS) is 14.7. The van der Waals surface area contributed by atoms with Gasteiger partial charge in [-0.05, 0) is 60.4 Å². The number of methoxy groups -OCH3 is 1. The quantitative estimate of drug-likeness (QED) is 0.285. The van der Waals surface area contributed by atoms with Gasteiger partial charge in [0.2, 0.25) is 10.9 Å². The second kappa shape index (κ2) is 9.42. The molecule has 0 fully saturated rings. The van der Waals surface area contributed by atoms with Gasteiger partial charge in [0.15, 0.2) is 16.9 Å². The minimum Gasteiger partial charge on any atom is -0.493 e. The largest absolute Gasteiger partial charge is 0.493 e. The first-order valence-electron chi connectivity index (χ1n) is 12.0. The van der Waals surface area contributed by atoms with Crippen molar-refractivity contribution in [2.45, 2.75) is 26.5 Å². The molecule has 0 saturated heterocycles. The Bertz CT molecular complexity index is 1730. The summed E-state index contributed by atoms with van der Waals surface area (Å²) < 4.78 is 17.8. The van der Waals surface area contributed by atoms with Gasteiger partial charge >= 0.3 is 0 Å². The van der Waals surface area contributed by atoms with Crippen molar-refractivity contribution in [1.29, 1.82) is 0 Å². The molecule has 6 rings (SSSR count). The number of nitrogens with zero attached hydrogens (tertiary/aromatic N) is 3. The Labute approximate surface area is 222 Å². The SMILES string of the molecule is COc1cc(C2c3c(oc4cc(C)c(C)cc4c3=O)C(=O)N2c2nncs2)ccc1OCc1ccccc1. The predicted molar refractivity (Wildman–Crippen MR) is 144 cm³/mol. The van der Waals surface area contributed by atoms with E-state index in [1.807, 2.05) is 56.3 Å². The van der Waals surface area contributed by atoms with Gasteiger partial charge < -0.3 is 13.9 Å². The standard InChI is InChI=1S/C29H23N3O5S/c1-16-11-20-22(12-17(16)2)37-27-24(26(20)33)25(32(28(27)34)29-31-30-15-38-29)19-9-10-21(23(13-19)35-3)36-14-18-7-5-4-6-8-18/h4-13,15,25H,14H2,1-3H3. The molecule has 3 aromatic carbocycles. The van der Waals surface area contributed by atoms with Gasteiger partial charge in [-0.15, -0.1) is 10.2 Å². The van der Waals surface area contributed by atoms with Crippen LogP contribution < -0.4 is 19.8 Å². The summed E-state index contributed by atoms with van der Waals surface area (Å²) >= 11 is 1.21. The van der Waals surface area contributed by atoms with E-state index in [-0.39, 0.29) is 16.8 Å². The monoisotopic (exact) mass is 525 g/mol. The zero-order valence-corrected chi connectivity index (χ0v) is 21.7. The zero-order valence-electron chi connectivity index (χ0n) is 20.9. The number of ether oxygens (including phenoxy) is 2. The van der Waals surface area contributed by atoms with Crippen molar-refractivity contribution in [3.05, 3.63) is 110 Å². The van der Waals surface area contributed by atoms with Crippen molar-refractivity contribution in [2.75, 3.05) is 12.0 Å². The number of benzene rings is 3. The molecule has 1 aliphatic heterocycles. The molecule has 1 amide bonds. The van der Waals surface area contributed by atoms with Crippen molar-refractivity contribution in [3.8, 4) is 11.5 Å². The minimum atomic E-state index is -0.773. The molecule has 0 radical (unpaired) electrons. The second-order valence-corrected chi connectivity index (χ2v) is 9.90. The summed E-state index contributed by atoms with van der Waals surface area (Å²) in [5.74, 6) is 0.591. The van der Waals surface area contributed by atoms with Crippen LogP contribution in [0.1, 0.15) is 44.4 Å². The number of rotatable bonds is 6. The lowest BCUT2D eigenvalue weighted by molar-refractivity contribution is 0.0970. The Hall–Kier alpha value is -4.50. The Morgan fingerprint density at radius 3 is 2.53 bits per heavy atom. The van der Waals surface area contributed by atoms with Crippen LogP contribution >= 0.6 is 11.3 Å². The molecule has 0 spiro atoms. The van der Waals surface area contributed by atoms with Crippen LogP contribution in [0.5, 0.6) is 11.5 Å². The Morgan fingerprint density at radius 1 is 1.00 bits per heavy atom. The number of fused-ring (bicyclic) bond motifs is 2. The Morgan fingerprint density at radius 2 is 1.79 bits per heavy atom. The lowest BCUT2D eigenvalue weighted by Crippen LogP contribution is -2.29. The Balaban J connectivity index is 1.49. The summed E-state index contributed by atoms with van der Waals surface area (Å²) in [6.45, 7) is 4.25. The fourth-order valence-corrected chi connectivity index (χ4v) is 5.31. The van der Waals surface area contributed by atoms with Crippen molar-refractivity contribution in [2.24, 2.45) is 0 Å². The van der Waals surface area contributed by atoms with Crippen LogP contribution in [0.15, 0.2) is 75.4 Å². The van der Waals surface area contributed by atoms with Crippen molar-refractivity contribution >= 4 is 33.3 Å². The molecule has 2 aromatic heterocycles. The van der Waals surface area contributed by atoms with Crippen molar-refractivity contribution < 1.29 is 18.7 Å². The van der Waals surface area contributed by atoms with Crippen LogP contribution in [0.3, 0.4) is 0 Å². The minimum absolute atomic E-state index is 0.00863. The number of hydrogen-bond acceptors (Lipinski definition) is 8. The number of carbonyl (C=O) groups is 1. The number of hydrogen-bond donors (Lipinski definition) is 0. The van der Waals surface area contributed by atoms with Gasteiger partial charge in [0.25, 0.3) is 5.91 Å². The number of anilines is 1. The lowest BCUT2D eigenvalue weighted by Gasteiger charge is -2.23. The molecule has 3 heterocycles. The molecular formula is C29H23N3O5S. The smallest absolute Gasteiger partial charge is 0.297 e. The van der Waals surface area contributed by atoms with Gasteiger partial charge in [-0.3, -0.25) is 14.5 Å². The first kappa shape index (κ1) is 23.9. The van der Waals surface area contributed by atoms with Crippen LogP contribution in [-0.4, -0.2) is 23.2 Å². The topological polar surface area (TPSA) is 94.8 Å². The number of carbonyl (C=O) groups excluding carboxylic acids is 1. The summed E-state index contributed by atoms with van der Waals surface area (Å²) in [5, 5.41) is 8.84. The molecule has 1 aliphatic rings. The van der Waals surface area contributed by atoms with Gasteiger partial charge in [0, 0.05) is 0 Å². The average molecular weight is 526 g/mol. The molecule has 5 aromatic rings. The van der Waals surface area contributed by atoms with E-state index in [0.29, 0.717) is 39.8 Å². The van der Waals surface area contributed by atoms with Gasteiger partial charge in [0.05, 0.1) is 24.1 Å². The van der Waals surface area contributed by atoms with Crippen LogP contribution in [-0.2, 0) is 6.61 Å². The van der Waals surface area contributed by atoms with Crippen LogP contribution in [0.25, 0.3) is 11.0 Å². The van der Waals surface area contributed by atoms with Crippen LogP contribution in [0.4, 0.5) is 5.13 Å². The Kier molecular flexibility index (Phi) is 5.92. The van der Waals surface area contributed by atoms with E-state index in [0.717, 1.165) is 16.7 Å². The van der Waals surface area contributed by atoms with E-state index in [9.17, 15) is 9.59 Å². The fraction of sp³-hybridized carbons (Fsp3) is 0.172. The zero-order chi connectivity index (χ0) is 26.4. The highest BCUT2D eigenvalue weighted by atomic mass is 32.1. The van der Waals surface area contributed by atoms with E-state index >= 15 is 0 Å². The maximum absolute atomic E-state index is 13.9. The molecule has 0 N–H and O–H groups in total. The molecule has 8 nitrogen and oxygen atoms in total. The molecular weight excluding hydrogens is 502 g/mol.